The molecule has 0 bridgehead atoms. The number of aromatic nitrogens is 2. The number of nitrogen functional groups attached to an aromatic ring is 1. The third-order valence-electron chi connectivity index (χ3n) is 2.08. The summed E-state index contributed by atoms with van der Waals surface area (Å²) >= 11 is 6.76. The molecule has 2 N–H and O–H groups in total. The maximum Gasteiger partial charge on any atom is 0.139 e. The summed E-state index contributed by atoms with van der Waals surface area (Å²) < 4.78 is 8.75. The molecule has 0 saturated heterocycles. The minimum atomic E-state index is 0.520. The van der Waals surface area contributed by atoms with Gasteiger partial charge in [0.2, 0.25) is 0 Å². The van der Waals surface area contributed by atoms with Crippen LogP contribution >= 0.6 is 31.9 Å². The maximum atomic E-state index is 5.87. The molecule has 0 unspecified atom stereocenters. The lowest BCUT2D eigenvalue weighted by molar-refractivity contribution is 0.479. The Balaban J connectivity index is 2.33. The number of nitrogens with zero attached hydrogens (tertiary/aromatic N) is 2. The van der Waals surface area contributed by atoms with Gasteiger partial charge in [-0.2, -0.15) is 5.10 Å². The predicted molar refractivity (Wildman–Crippen MR) is 64.6 cm³/mol. The lowest BCUT2D eigenvalue weighted by atomic mass is 10.4. The highest BCUT2D eigenvalue weighted by atomic mass is 79.9. The van der Waals surface area contributed by atoms with E-state index < -0.39 is 0 Å². The molecule has 0 aromatic carbocycles. The Hall–Kier alpha value is -0.750. The van der Waals surface area contributed by atoms with Gasteiger partial charge >= 0.3 is 0 Å². The van der Waals surface area contributed by atoms with Crippen molar-refractivity contribution in [2.75, 3.05) is 5.73 Å². The Morgan fingerprint density at radius 1 is 1.53 bits per heavy atom. The standard InChI is InChI=1S/C9H9Br2N3O/c1-5-8(11)9(12)14(13-5)4-7-6(10)2-3-15-7/h2-3H,4,12H2,1H3. The van der Waals surface area contributed by atoms with Crippen molar-refractivity contribution in [1.29, 1.82) is 0 Å². The van der Waals surface area contributed by atoms with Crippen molar-refractivity contribution in [3.05, 3.63) is 32.7 Å². The molecule has 0 fully saturated rings. The van der Waals surface area contributed by atoms with Crippen molar-refractivity contribution in [3.63, 3.8) is 0 Å². The van der Waals surface area contributed by atoms with Gasteiger partial charge in [-0.25, -0.2) is 4.68 Å². The lowest BCUT2D eigenvalue weighted by Gasteiger charge is -2.01. The zero-order chi connectivity index (χ0) is 11.0. The number of halogens is 2. The summed E-state index contributed by atoms with van der Waals surface area (Å²) in [6.07, 6.45) is 1.63. The van der Waals surface area contributed by atoms with Crippen molar-refractivity contribution in [1.82, 2.24) is 9.78 Å². The molecule has 4 nitrogen and oxygen atoms in total. The quantitative estimate of drug-likeness (QED) is 0.918. The molecule has 0 atom stereocenters. The Morgan fingerprint density at radius 2 is 2.27 bits per heavy atom. The second-order valence-corrected chi connectivity index (χ2v) is 4.78. The number of nitrogens with two attached hydrogens (primary N) is 1. The molecule has 0 amide bonds. The average molecular weight is 335 g/mol. The Labute approximate surface area is 104 Å². The largest absolute Gasteiger partial charge is 0.466 e. The Morgan fingerprint density at radius 3 is 2.73 bits per heavy atom. The SMILES string of the molecule is Cc1nn(Cc2occc2Br)c(N)c1Br. The van der Waals surface area contributed by atoms with E-state index in [0.29, 0.717) is 12.4 Å². The van der Waals surface area contributed by atoms with Gasteiger partial charge < -0.3 is 10.2 Å². The van der Waals surface area contributed by atoms with Gasteiger partial charge in [-0.15, -0.1) is 0 Å². The molecule has 15 heavy (non-hydrogen) atoms. The summed E-state index contributed by atoms with van der Waals surface area (Å²) in [5.74, 6) is 1.41. The van der Waals surface area contributed by atoms with Gasteiger partial charge in [0.1, 0.15) is 18.1 Å². The van der Waals surface area contributed by atoms with Crippen LogP contribution in [-0.4, -0.2) is 9.78 Å². The molecule has 0 radical (unpaired) electrons. The van der Waals surface area contributed by atoms with Gasteiger partial charge in [-0.1, -0.05) is 0 Å². The molecule has 6 heteroatoms. The van der Waals surface area contributed by atoms with E-state index >= 15 is 0 Å². The molecule has 80 valence electrons. The molecule has 2 heterocycles. The van der Waals surface area contributed by atoms with Crippen LogP contribution in [0.1, 0.15) is 11.5 Å². The van der Waals surface area contributed by atoms with E-state index in [9.17, 15) is 0 Å². The van der Waals surface area contributed by atoms with E-state index in [-0.39, 0.29) is 0 Å². The Bertz CT molecular complexity index is 490. The van der Waals surface area contributed by atoms with Gasteiger partial charge in [0.05, 0.1) is 20.9 Å². The highest BCUT2D eigenvalue weighted by molar-refractivity contribution is 9.11. The molecule has 0 aliphatic carbocycles. The van der Waals surface area contributed by atoms with Crippen LogP contribution in [0.5, 0.6) is 0 Å². The van der Waals surface area contributed by atoms with Gasteiger partial charge in [-0.05, 0) is 44.8 Å². The number of anilines is 1. The smallest absolute Gasteiger partial charge is 0.139 e. The molecule has 2 aromatic rings. The number of furan rings is 1. The fourth-order valence-corrected chi connectivity index (χ4v) is 1.88. The van der Waals surface area contributed by atoms with Gasteiger partial charge in [0.15, 0.2) is 0 Å². The summed E-state index contributed by atoms with van der Waals surface area (Å²) in [7, 11) is 0. The molecular weight excluding hydrogens is 326 g/mol. The summed E-state index contributed by atoms with van der Waals surface area (Å²) in [6, 6.07) is 1.84. The number of rotatable bonds is 2. The first-order valence-electron chi connectivity index (χ1n) is 4.30. The summed E-state index contributed by atoms with van der Waals surface area (Å²) in [6.45, 7) is 2.42. The number of hydrogen-bond acceptors (Lipinski definition) is 3. The minimum Gasteiger partial charge on any atom is -0.466 e. The molecule has 2 aromatic heterocycles. The van der Waals surface area contributed by atoms with Crippen LogP contribution in [0.25, 0.3) is 0 Å². The molecule has 0 saturated carbocycles. The number of aryl methyl sites for hydroxylation is 1. The second kappa shape index (κ2) is 4.02. The Kier molecular flexibility index (Phi) is 2.88. The average Bonchev–Trinajstić information content (AvgIpc) is 2.69. The highest BCUT2D eigenvalue weighted by Gasteiger charge is 2.12. The first-order valence-corrected chi connectivity index (χ1v) is 5.88. The summed E-state index contributed by atoms with van der Waals surface area (Å²) in [5.41, 5.74) is 6.74. The van der Waals surface area contributed by atoms with E-state index in [4.69, 9.17) is 10.2 Å². The molecule has 0 aliphatic heterocycles. The van der Waals surface area contributed by atoms with E-state index in [1.54, 1.807) is 10.9 Å². The van der Waals surface area contributed by atoms with Crippen LogP contribution in [0, 0.1) is 6.92 Å². The fourth-order valence-electron chi connectivity index (χ4n) is 1.27. The molecule has 0 spiro atoms. The zero-order valence-electron chi connectivity index (χ0n) is 8.00. The zero-order valence-corrected chi connectivity index (χ0v) is 11.2. The first-order chi connectivity index (χ1) is 7.09. The first kappa shape index (κ1) is 10.8. The van der Waals surface area contributed by atoms with Crippen molar-refractivity contribution in [2.24, 2.45) is 0 Å². The van der Waals surface area contributed by atoms with Gasteiger partial charge in [0, 0.05) is 0 Å². The third-order valence-corrected chi connectivity index (χ3v) is 3.76. The maximum absolute atomic E-state index is 5.87. The fraction of sp³-hybridized carbons (Fsp3) is 0.222. The van der Waals surface area contributed by atoms with Crippen molar-refractivity contribution >= 4 is 37.7 Å². The monoisotopic (exact) mass is 333 g/mol. The van der Waals surface area contributed by atoms with Crippen LogP contribution < -0.4 is 5.73 Å². The minimum absolute atomic E-state index is 0.520. The number of hydrogen-bond donors (Lipinski definition) is 1. The van der Waals surface area contributed by atoms with Gasteiger partial charge in [0.25, 0.3) is 0 Å². The van der Waals surface area contributed by atoms with Crippen LogP contribution in [0.2, 0.25) is 0 Å². The predicted octanol–water partition coefficient (Wildman–Crippen LogP) is 2.94. The van der Waals surface area contributed by atoms with E-state index in [0.717, 1.165) is 20.4 Å². The second-order valence-electron chi connectivity index (χ2n) is 3.13. The lowest BCUT2D eigenvalue weighted by Crippen LogP contribution is -2.05. The summed E-state index contributed by atoms with van der Waals surface area (Å²) in [5, 5.41) is 4.29. The van der Waals surface area contributed by atoms with E-state index in [1.807, 2.05) is 13.0 Å². The molecular formula is C9H9Br2N3O. The highest BCUT2D eigenvalue weighted by Crippen LogP contribution is 2.25. The van der Waals surface area contributed by atoms with Crippen LogP contribution in [0.4, 0.5) is 5.82 Å². The van der Waals surface area contributed by atoms with Gasteiger partial charge in [-0.3, -0.25) is 0 Å². The van der Waals surface area contributed by atoms with Crippen molar-refractivity contribution in [2.45, 2.75) is 13.5 Å². The normalized spacial score (nSPS) is 10.9. The van der Waals surface area contributed by atoms with Crippen LogP contribution in [0.3, 0.4) is 0 Å². The molecule has 2 rings (SSSR count). The summed E-state index contributed by atoms with van der Waals surface area (Å²) in [4.78, 5) is 0. The van der Waals surface area contributed by atoms with E-state index in [1.165, 1.54) is 0 Å². The molecule has 0 aliphatic rings. The third kappa shape index (κ3) is 1.96. The topological polar surface area (TPSA) is 57.0 Å². The van der Waals surface area contributed by atoms with Crippen LogP contribution in [-0.2, 0) is 6.54 Å². The van der Waals surface area contributed by atoms with Crippen LogP contribution in [0.15, 0.2) is 25.7 Å². The van der Waals surface area contributed by atoms with E-state index in [2.05, 4.69) is 37.0 Å². The van der Waals surface area contributed by atoms with Crippen molar-refractivity contribution in [3.8, 4) is 0 Å². The van der Waals surface area contributed by atoms with Crippen molar-refractivity contribution < 1.29 is 4.42 Å².